The number of benzene rings is 1. The van der Waals surface area contributed by atoms with E-state index in [1.807, 2.05) is 35.9 Å². The van der Waals surface area contributed by atoms with E-state index in [-0.39, 0.29) is 24.4 Å². The van der Waals surface area contributed by atoms with Crippen LogP contribution in [0.4, 0.5) is 5.69 Å². The van der Waals surface area contributed by atoms with Gasteiger partial charge < -0.3 is 9.88 Å². The maximum atomic E-state index is 12.0. The number of rotatable bonds is 4. The Bertz CT molecular complexity index is 628. The lowest BCUT2D eigenvalue weighted by molar-refractivity contribution is -0.117. The summed E-state index contributed by atoms with van der Waals surface area (Å²) in [6.45, 7) is 0. The first-order valence-corrected chi connectivity index (χ1v) is 8.43. The van der Waals surface area contributed by atoms with Crippen molar-refractivity contribution in [1.29, 1.82) is 0 Å². The molecular weight excluding hydrogens is 342 g/mol. The molecule has 0 saturated carbocycles. The molecular formula is C13H16ClN5OS2. The molecule has 6 nitrogen and oxygen atoms in total. The van der Waals surface area contributed by atoms with Gasteiger partial charge in [-0.3, -0.25) is 10.1 Å². The van der Waals surface area contributed by atoms with Crippen LogP contribution in [0.25, 0.3) is 0 Å². The van der Waals surface area contributed by atoms with Gasteiger partial charge in [-0.25, -0.2) is 0 Å². The largest absolute Gasteiger partial charge is 0.325 e. The Labute approximate surface area is 143 Å². The molecule has 9 heteroatoms. The Morgan fingerprint density at radius 2 is 2.23 bits per heavy atom. The number of halogens is 1. The third-order valence-electron chi connectivity index (χ3n) is 3.03. The number of nitrogens with one attached hydrogen (secondary N) is 2. The minimum atomic E-state index is -0.0947. The van der Waals surface area contributed by atoms with Gasteiger partial charge >= 0.3 is 0 Å². The predicted octanol–water partition coefficient (Wildman–Crippen LogP) is 1.99. The Hall–Kier alpha value is -1.22. The van der Waals surface area contributed by atoms with Crippen LogP contribution in [0.15, 0.2) is 40.6 Å². The Morgan fingerprint density at radius 3 is 2.82 bits per heavy atom. The molecule has 1 atom stereocenters. The average molecular weight is 358 g/mol. The van der Waals surface area contributed by atoms with Gasteiger partial charge in [0.25, 0.3) is 0 Å². The molecule has 0 radical (unpaired) electrons. The summed E-state index contributed by atoms with van der Waals surface area (Å²) in [6, 6.07) is 7.64. The second-order valence-electron chi connectivity index (χ2n) is 4.61. The van der Waals surface area contributed by atoms with Crippen molar-refractivity contribution in [3.05, 3.63) is 30.6 Å². The van der Waals surface area contributed by atoms with E-state index >= 15 is 0 Å². The van der Waals surface area contributed by atoms with E-state index in [1.54, 1.807) is 18.1 Å². The molecule has 1 aromatic heterocycles. The molecule has 0 spiro atoms. The molecule has 1 fully saturated rings. The molecule has 1 saturated heterocycles. The topological polar surface area (TPSA) is 71.8 Å². The molecule has 3 rings (SSSR count). The number of hydrogen-bond donors (Lipinski definition) is 2. The van der Waals surface area contributed by atoms with Crippen LogP contribution < -0.4 is 10.6 Å². The van der Waals surface area contributed by atoms with Gasteiger partial charge in [-0.15, -0.1) is 34.4 Å². The third-order valence-corrected chi connectivity index (χ3v) is 5.03. The first-order valence-electron chi connectivity index (χ1n) is 6.46. The summed E-state index contributed by atoms with van der Waals surface area (Å²) >= 11 is 3.27. The van der Waals surface area contributed by atoms with Gasteiger partial charge in [0.1, 0.15) is 6.33 Å². The van der Waals surface area contributed by atoms with Crippen LogP contribution in [0.1, 0.15) is 0 Å². The highest BCUT2D eigenvalue weighted by Gasteiger charge is 2.22. The van der Waals surface area contributed by atoms with E-state index in [0.29, 0.717) is 0 Å². The predicted molar refractivity (Wildman–Crippen MR) is 91.7 cm³/mol. The first-order chi connectivity index (χ1) is 10.2. The second kappa shape index (κ2) is 7.87. The lowest BCUT2D eigenvalue weighted by Crippen LogP contribution is -2.37. The second-order valence-corrected chi connectivity index (χ2v) is 6.68. The molecule has 0 bridgehead atoms. The molecule has 1 unspecified atom stereocenters. The van der Waals surface area contributed by atoms with E-state index in [4.69, 9.17) is 0 Å². The van der Waals surface area contributed by atoms with Gasteiger partial charge in [0.05, 0.1) is 6.04 Å². The Balaban J connectivity index is 0.00000176. The summed E-state index contributed by atoms with van der Waals surface area (Å²) in [5.74, 6) is 1.69. The summed E-state index contributed by atoms with van der Waals surface area (Å²) in [6.07, 6.45) is 1.67. The number of carbonyl (C=O) groups is 1. The van der Waals surface area contributed by atoms with Crippen molar-refractivity contribution in [2.24, 2.45) is 7.05 Å². The van der Waals surface area contributed by atoms with Crippen LogP contribution in [0, 0.1) is 0 Å². The number of anilines is 1. The van der Waals surface area contributed by atoms with Gasteiger partial charge in [-0.2, -0.15) is 0 Å². The van der Waals surface area contributed by atoms with Gasteiger partial charge in [0, 0.05) is 29.3 Å². The maximum Gasteiger partial charge on any atom is 0.242 e. The Kier molecular flexibility index (Phi) is 6.13. The molecule has 1 aliphatic rings. The number of nitrogens with zero attached hydrogens (tertiary/aromatic N) is 3. The zero-order valence-corrected chi connectivity index (χ0v) is 14.3. The lowest BCUT2D eigenvalue weighted by atomic mass is 10.2. The van der Waals surface area contributed by atoms with Crippen molar-refractivity contribution in [3.8, 4) is 0 Å². The number of hydrogen-bond acceptors (Lipinski definition) is 6. The van der Waals surface area contributed by atoms with Crippen LogP contribution in [0.5, 0.6) is 0 Å². The van der Waals surface area contributed by atoms with E-state index < -0.39 is 0 Å². The average Bonchev–Trinajstić information content (AvgIpc) is 3.14. The van der Waals surface area contributed by atoms with Crippen LogP contribution in [0.3, 0.4) is 0 Å². The summed E-state index contributed by atoms with van der Waals surface area (Å²) in [5, 5.41) is 14.8. The molecule has 0 aliphatic carbocycles. The van der Waals surface area contributed by atoms with E-state index in [1.165, 1.54) is 11.8 Å². The SMILES string of the molecule is Cl.Cn1cnnc1Sc1ccc(NC(=O)C2CSCN2)cc1. The zero-order valence-electron chi connectivity index (χ0n) is 11.9. The van der Waals surface area contributed by atoms with Gasteiger partial charge in [-0.1, -0.05) is 0 Å². The fourth-order valence-corrected chi connectivity index (χ4v) is 3.57. The van der Waals surface area contributed by atoms with Crippen molar-refractivity contribution in [2.45, 2.75) is 16.1 Å². The number of thioether (sulfide) groups is 1. The normalized spacial score (nSPS) is 17.0. The van der Waals surface area contributed by atoms with Crippen molar-refractivity contribution in [3.63, 3.8) is 0 Å². The van der Waals surface area contributed by atoms with Crippen molar-refractivity contribution in [2.75, 3.05) is 16.9 Å². The number of aryl methyl sites for hydroxylation is 1. The number of carbonyl (C=O) groups excluding carboxylic acids is 1. The van der Waals surface area contributed by atoms with E-state index in [9.17, 15) is 4.79 Å². The number of aromatic nitrogens is 3. The quantitative estimate of drug-likeness (QED) is 0.872. The molecule has 2 N–H and O–H groups in total. The molecule has 118 valence electrons. The molecule has 22 heavy (non-hydrogen) atoms. The minimum absolute atomic E-state index is 0. The first kappa shape index (κ1) is 17.1. The summed E-state index contributed by atoms with van der Waals surface area (Å²) < 4.78 is 1.86. The van der Waals surface area contributed by atoms with Crippen molar-refractivity contribution >= 4 is 47.5 Å². The summed E-state index contributed by atoms with van der Waals surface area (Å²) in [7, 11) is 1.91. The van der Waals surface area contributed by atoms with Crippen LogP contribution in [0.2, 0.25) is 0 Å². The van der Waals surface area contributed by atoms with E-state index in [2.05, 4.69) is 20.8 Å². The van der Waals surface area contributed by atoms with Gasteiger partial charge in [-0.05, 0) is 36.0 Å². The van der Waals surface area contributed by atoms with Crippen LogP contribution in [-0.4, -0.2) is 38.3 Å². The van der Waals surface area contributed by atoms with Crippen LogP contribution in [-0.2, 0) is 11.8 Å². The molecule has 1 amide bonds. The van der Waals surface area contributed by atoms with E-state index in [0.717, 1.165) is 27.4 Å². The third kappa shape index (κ3) is 4.16. The van der Waals surface area contributed by atoms with Crippen molar-refractivity contribution < 1.29 is 4.79 Å². The zero-order chi connectivity index (χ0) is 14.7. The fraction of sp³-hybridized carbons (Fsp3) is 0.308. The molecule has 2 heterocycles. The van der Waals surface area contributed by atoms with Crippen molar-refractivity contribution in [1.82, 2.24) is 20.1 Å². The molecule has 1 aliphatic heterocycles. The van der Waals surface area contributed by atoms with Gasteiger partial charge in [0.2, 0.25) is 5.91 Å². The monoisotopic (exact) mass is 357 g/mol. The minimum Gasteiger partial charge on any atom is -0.325 e. The summed E-state index contributed by atoms with van der Waals surface area (Å²) in [4.78, 5) is 13.0. The highest BCUT2D eigenvalue weighted by molar-refractivity contribution is 7.99. The highest BCUT2D eigenvalue weighted by Crippen LogP contribution is 2.26. The Morgan fingerprint density at radius 1 is 1.45 bits per heavy atom. The fourth-order valence-electron chi connectivity index (χ4n) is 1.87. The smallest absolute Gasteiger partial charge is 0.242 e. The molecule has 2 aromatic rings. The lowest BCUT2D eigenvalue weighted by Gasteiger charge is -2.10. The standard InChI is InChI=1S/C13H15N5OS2.ClH/c1-18-7-15-17-13(18)21-10-4-2-9(3-5-10)16-12(19)11-6-20-8-14-11;/h2-5,7,11,14H,6,8H2,1H3,(H,16,19);1H. The van der Waals surface area contributed by atoms with Crippen LogP contribution >= 0.6 is 35.9 Å². The number of amides is 1. The highest BCUT2D eigenvalue weighted by atomic mass is 35.5. The molecule has 1 aromatic carbocycles. The maximum absolute atomic E-state index is 12.0. The van der Waals surface area contributed by atoms with Gasteiger partial charge in [0.15, 0.2) is 5.16 Å². The summed E-state index contributed by atoms with van der Waals surface area (Å²) in [5.41, 5.74) is 0.806.